The molecule has 2 aromatic carbocycles. The fourth-order valence-corrected chi connectivity index (χ4v) is 4.33. The molecule has 138 valence electrons. The molecule has 3 nitrogen and oxygen atoms in total. The number of hydrazine groups is 1. The predicted molar refractivity (Wildman–Crippen MR) is 107 cm³/mol. The standard InChI is InChI=1S/C20H22ClFN2OS/c1-13-11-14(16-9-5-6-10-18(16)21)12-17(19(13)22)20(25)23-24-26-15-7-3-2-4-8-15/h5-6,9-12,15,24H,2-4,7-8H2,1H3,(H,23,25). The van der Waals surface area contributed by atoms with Crippen LogP contribution in [0, 0.1) is 12.7 Å². The summed E-state index contributed by atoms with van der Waals surface area (Å²) >= 11 is 7.75. The normalized spacial score (nSPS) is 15.0. The molecule has 0 bridgehead atoms. The van der Waals surface area contributed by atoms with Crippen molar-refractivity contribution in [3.63, 3.8) is 0 Å². The SMILES string of the molecule is Cc1cc(-c2ccccc2Cl)cc(C(=O)NNSC2CCCCC2)c1F. The van der Waals surface area contributed by atoms with Crippen molar-refractivity contribution < 1.29 is 9.18 Å². The van der Waals surface area contributed by atoms with Crippen LogP contribution in [0.15, 0.2) is 36.4 Å². The number of aryl methyl sites for hydroxylation is 1. The third-order valence-electron chi connectivity index (χ3n) is 4.63. The molecule has 26 heavy (non-hydrogen) atoms. The maximum Gasteiger partial charge on any atom is 0.269 e. The first kappa shape index (κ1) is 19.2. The summed E-state index contributed by atoms with van der Waals surface area (Å²) in [7, 11) is 0. The molecule has 2 aromatic rings. The lowest BCUT2D eigenvalue weighted by atomic mass is 9.99. The molecule has 0 aliphatic heterocycles. The fourth-order valence-electron chi connectivity index (χ4n) is 3.20. The summed E-state index contributed by atoms with van der Waals surface area (Å²) in [6.45, 7) is 1.65. The Balaban J connectivity index is 1.74. The summed E-state index contributed by atoms with van der Waals surface area (Å²) in [4.78, 5) is 15.4. The number of nitrogens with one attached hydrogen (secondary N) is 2. The number of halogens is 2. The number of hydrogen-bond acceptors (Lipinski definition) is 3. The average Bonchev–Trinajstić information content (AvgIpc) is 2.65. The van der Waals surface area contributed by atoms with E-state index in [1.807, 2.05) is 18.2 Å². The molecule has 0 unspecified atom stereocenters. The van der Waals surface area contributed by atoms with Crippen LogP contribution in [0.1, 0.15) is 48.0 Å². The number of hydrogen-bond donors (Lipinski definition) is 2. The van der Waals surface area contributed by atoms with E-state index >= 15 is 0 Å². The van der Waals surface area contributed by atoms with Gasteiger partial charge in [0.15, 0.2) is 0 Å². The van der Waals surface area contributed by atoms with Crippen LogP contribution in [0.25, 0.3) is 11.1 Å². The highest BCUT2D eigenvalue weighted by molar-refractivity contribution is 7.98. The van der Waals surface area contributed by atoms with Crippen LogP contribution in [0.3, 0.4) is 0 Å². The summed E-state index contributed by atoms with van der Waals surface area (Å²) in [6.07, 6.45) is 6.01. The first-order chi connectivity index (χ1) is 12.6. The van der Waals surface area contributed by atoms with Gasteiger partial charge < -0.3 is 0 Å². The third-order valence-corrected chi connectivity index (χ3v) is 5.98. The minimum absolute atomic E-state index is 0.0108. The topological polar surface area (TPSA) is 41.1 Å². The van der Waals surface area contributed by atoms with Gasteiger partial charge >= 0.3 is 0 Å². The molecule has 1 fully saturated rings. The highest BCUT2D eigenvalue weighted by atomic mass is 35.5. The zero-order valence-corrected chi connectivity index (χ0v) is 16.2. The molecule has 1 saturated carbocycles. The molecule has 0 radical (unpaired) electrons. The van der Waals surface area contributed by atoms with E-state index in [2.05, 4.69) is 10.3 Å². The quantitative estimate of drug-likeness (QED) is 0.508. The predicted octanol–water partition coefficient (Wildman–Crippen LogP) is 5.67. The van der Waals surface area contributed by atoms with E-state index in [1.165, 1.54) is 31.2 Å². The zero-order chi connectivity index (χ0) is 18.5. The Morgan fingerprint density at radius 1 is 1.19 bits per heavy atom. The van der Waals surface area contributed by atoms with Crippen molar-refractivity contribution >= 4 is 29.5 Å². The molecule has 0 heterocycles. The fraction of sp³-hybridized carbons (Fsp3) is 0.350. The second-order valence-corrected chi connectivity index (χ2v) is 8.08. The van der Waals surface area contributed by atoms with E-state index in [9.17, 15) is 9.18 Å². The number of amides is 1. The highest BCUT2D eigenvalue weighted by Gasteiger charge is 2.18. The van der Waals surface area contributed by atoms with Gasteiger partial charge in [-0.2, -0.15) is 4.83 Å². The molecule has 3 rings (SSSR count). The van der Waals surface area contributed by atoms with Gasteiger partial charge in [0.05, 0.1) is 5.56 Å². The Hall–Kier alpha value is -1.56. The highest BCUT2D eigenvalue weighted by Crippen LogP contribution is 2.30. The summed E-state index contributed by atoms with van der Waals surface area (Å²) in [5, 5.41) is 1.06. The van der Waals surface area contributed by atoms with Crippen molar-refractivity contribution in [2.75, 3.05) is 0 Å². The Kier molecular flexibility index (Phi) is 6.57. The molecule has 0 atom stereocenters. The first-order valence-electron chi connectivity index (χ1n) is 8.82. The summed E-state index contributed by atoms with van der Waals surface area (Å²) in [5.41, 5.74) is 4.52. The summed E-state index contributed by atoms with van der Waals surface area (Å²) in [6, 6.07) is 10.6. The molecular formula is C20H22ClFN2OS. The maximum absolute atomic E-state index is 14.5. The second-order valence-electron chi connectivity index (χ2n) is 6.57. The van der Waals surface area contributed by atoms with E-state index in [1.54, 1.807) is 25.1 Å². The molecule has 1 aliphatic carbocycles. The number of benzene rings is 2. The van der Waals surface area contributed by atoms with Crippen molar-refractivity contribution in [1.82, 2.24) is 10.3 Å². The van der Waals surface area contributed by atoms with Crippen LogP contribution in [-0.4, -0.2) is 11.2 Å². The van der Waals surface area contributed by atoms with Gasteiger partial charge in [0, 0.05) is 15.8 Å². The van der Waals surface area contributed by atoms with E-state index in [0.29, 0.717) is 15.8 Å². The van der Waals surface area contributed by atoms with E-state index < -0.39 is 11.7 Å². The van der Waals surface area contributed by atoms with Crippen LogP contribution in [0.2, 0.25) is 5.02 Å². The molecule has 1 aliphatic rings. The molecule has 0 aromatic heterocycles. The zero-order valence-electron chi connectivity index (χ0n) is 14.6. The van der Waals surface area contributed by atoms with Gasteiger partial charge in [-0.1, -0.05) is 61.0 Å². The maximum atomic E-state index is 14.5. The molecule has 1 amide bonds. The first-order valence-corrected chi connectivity index (χ1v) is 10.1. The molecule has 0 spiro atoms. The second kappa shape index (κ2) is 8.89. The van der Waals surface area contributed by atoms with Gasteiger partial charge in [0.2, 0.25) is 0 Å². The van der Waals surface area contributed by atoms with Crippen LogP contribution >= 0.6 is 23.5 Å². The lowest BCUT2D eigenvalue weighted by Gasteiger charge is -2.21. The van der Waals surface area contributed by atoms with Crippen molar-refractivity contribution in [1.29, 1.82) is 0 Å². The number of carbonyl (C=O) groups is 1. The Morgan fingerprint density at radius 3 is 2.65 bits per heavy atom. The van der Waals surface area contributed by atoms with Crippen LogP contribution in [0.4, 0.5) is 4.39 Å². The molecule has 0 saturated heterocycles. The molecule has 6 heteroatoms. The minimum atomic E-state index is -0.511. The Labute approximate surface area is 162 Å². The van der Waals surface area contributed by atoms with Gasteiger partial charge in [-0.05, 0) is 49.1 Å². The van der Waals surface area contributed by atoms with Gasteiger partial charge in [-0.25, -0.2) is 4.39 Å². The van der Waals surface area contributed by atoms with Crippen molar-refractivity contribution in [2.24, 2.45) is 0 Å². The lowest BCUT2D eigenvalue weighted by Crippen LogP contribution is -2.35. The van der Waals surface area contributed by atoms with Gasteiger partial charge in [0.1, 0.15) is 5.82 Å². The number of rotatable bonds is 5. The lowest BCUT2D eigenvalue weighted by molar-refractivity contribution is 0.0942. The van der Waals surface area contributed by atoms with E-state index in [4.69, 9.17) is 11.6 Å². The van der Waals surface area contributed by atoms with Crippen molar-refractivity contribution in [3.05, 3.63) is 58.4 Å². The van der Waals surface area contributed by atoms with Crippen LogP contribution < -0.4 is 10.3 Å². The number of carbonyl (C=O) groups excluding carboxylic acids is 1. The third kappa shape index (κ3) is 4.58. The Bertz CT molecular complexity index is 793. The van der Waals surface area contributed by atoms with E-state index in [0.717, 1.165) is 24.0 Å². The summed E-state index contributed by atoms with van der Waals surface area (Å²) in [5.74, 6) is -0.995. The van der Waals surface area contributed by atoms with Gasteiger partial charge in [-0.3, -0.25) is 10.2 Å². The summed E-state index contributed by atoms with van der Waals surface area (Å²) < 4.78 is 14.5. The average molecular weight is 393 g/mol. The molecular weight excluding hydrogens is 371 g/mol. The monoisotopic (exact) mass is 392 g/mol. The molecule has 2 N–H and O–H groups in total. The minimum Gasteiger partial charge on any atom is -0.277 e. The van der Waals surface area contributed by atoms with E-state index in [-0.39, 0.29) is 5.56 Å². The van der Waals surface area contributed by atoms with Crippen molar-refractivity contribution in [3.8, 4) is 11.1 Å². The van der Waals surface area contributed by atoms with Crippen LogP contribution in [-0.2, 0) is 0 Å². The van der Waals surface area contributed by atoms with Gasteiger partial charge in [0.25, 0.3) is 5.91 Å². The smallest absolute Gasteiger partial charge is 0.269 e. The largest absolute Gasteiger partial charge is 0.277 e. The van der Waals surface area contributed by atoms with Gasteiger partial charge in [-0.15, -0.1) is 0 Å². The van der Waals surface area contributed by atoms with Crippen LogP contribution in [0.5, 0.6) is 0 Å². The van der Waals surface area contributed by atoms with Crippen molar-refractivity contribution in [2.45, 2.75) is 44.3 Å². The Morgan fingerprint density at radius 2 is 1.92 bits per heavy atom.